The first kappa shape index (κ1) is 19.2. The average Bonchev–Trinajstić information content (AvgIpc) is 2.90. The average molecular weight is 408 g/mol. The molecule has 0 aliphatic heterocycles. The van der Waals surface area contributed by atoms with Gasteiger partial charge in [-0.15, -0.1) is 24.5 Å². The van der Waals surface area contributed by atoms with Gasteiger partial charge in [-0.1, -0.05) is 12.1 Å². The van der Waals surface area contributed by atoms with Gasteiger partial charge in [-0.25, -0.2) is 0 Å². The van der Waals surface area contributed by atoms with Crippen LogP contribution in [-0.4, -0.2) is 29.1 Å². The number of aryl methyl sites for hydroxylation is 1. The normalized spacial score (nSPS) is 12.4. The molecule has 27 heavy (non-hydrogen) atoms. The predicted molar refractivity (Wildman–Crippen MR) is 85.8 cm³/mol. The molecule has 0 saturated heterocycles. The van der Waals surface area contributed by atoms with E-state index in [1.807, 2.05) is 0 Å². The molecule has 3 aromatic rings. The lowest BCUT2D eigenvalue weighted by Gasteiger charge is -2.11. The molecule has 0 spiro atoms. The summed E-state index contributed by atoms with van der Waals surface area (Å²) >= 11 is 1.20. The molecular formula is C16H10F6N2O2S. The SMILES string of the molecule is Cc1cc2c(-c3cccc(OC(F)(F)F)c3)nc(OCC(F)(F)F)nc2s1. The number of thiophene rings is 1. The third kappa shape index (κ3) is 5.00. The molecule has 0 N–H and O–H groups in total. The molecule has 0 bridgehead atoms. The predicted octanol–water partition coefficient (Wildman–Crippen LogP) is 5.51. The third-order valence-electron chi connectivity index (χ3n) is 3.20. The molecule has 0 radical (unpaired) electrons. The second kappa shape index (κ2) is 6.87. The van der Waals surface area contributed by atoms with Gasteiger partial charge >= 0.3 is 18.5 Å². The van der Waals surface area contributed by atoms with Crippen molar-refractivity contribution in [2.45, 2.75) is 19.5 Å². The molecule has 2 aromatic heterocycles. The fourth-order valence-electron chi connectivity index (χ4n) is 2.29. The molecule has 1 aromatic carbocycles. The van der Waals surface area contributed by atoms with Crippen LogP contribution in [-0.2, 0) is 0 Å². The smallest absolute Gasteiger partial charge is 0.454 e. The second-order valence-electron chi connectivity index (χ2n) is 5.41. The Kier molecular flexibility index (Phi) is 4.89. The fourth-order valence-corrected chi connectivity index (χ4v) is 3.16. The molecule has 0 amide bonds. The van der Waals surface area contributed by atoms with Crippen LogP contribution in [0.3, 0.4) is 0 Å². The summed E-state index contributed by atoms with van der Waals surface area (Å²) in [5, 5.41) is 0.487. The minimum absolute atomic E-state index is 0.147. The highest BCUT2D eigenvalue weighted by Gasteiger charge is 2.31. The first-order valence-corrected chi connectivity index (χ1v) is 8.16. The lowest BCUT2D eigenvalue weighted by atomic mass is 10.1. The Bertz CT molecular complexity index is 968. The van der Waals surface area contributed by atoms with Gasteiger partial charge in [-0.05, 0) is 25.1 Å². The van der Waals surface area contributed by atoms with Gasteiger partial charge in [0.2, 0.25) is 0 Å². The fraction of sp³-hybridized carbons (Fsp3) is 0.250. The van der Waals surface area contributed by atoms with E-state index in [0.29, 0.717) is 10.2 Å². The number of rotatable bonds is 4. The van der Waals surface area contributed by atoms with Crippen molar-refractivity contribution < 1.29 is 35.8 Å². The second-order valence-corrected chi connectivity index (χ2v) is 6.64. The maximum atomic E-state index is 12.4. The Morgan fingerprint density at radius 1 is 1.04 bits per heavy atom. The number of hydrogen-bond donors (Lipinski definition) is 0. The van der Waals surface area contributed by atoms with Crippen LogP contribution in [0, 0.1) is 6.92 Å². The summed E-state index contributed by atoms with van der Waals surface area (Å²) in [7, 11) is 0. The molecule has 0 atom stereocenters. The Hall–Kier alpha value is -2.56. The van der Waals surface area contributed by atoms with Gasteiger partial charge < -0.3 is 9.47 Å². The molecule has 3 rings (SSSR count). The number of ether oxygens (including phenoxy) is 2. The summed E-state index contributed by atoms with van der Waals surface area (Å²) in [5.74, 6) is -0.475. The largest absolute Gasteiger partial charge is 0.573 e. The zero-order valence-electron chi connectivity index (χ0n) is 13.5. The van der Waals surface area contributed by atoms with Crippen LogP contribution in [0.15, 0.2) is 30.3 Å². The molecule has 2 heterocycles. The molecular weight excluding hydrogens is 398 g/mol. The lowest BCUT2D eigenvalue weighted by molar-refractivity contribution is -0.274. The molecule has 11 heteroatoms. The maximum Gasteiger partial charge on any atom is 0.573 e. The summed E-state index contributed by atoms with van der Waals surface area (Å²) in [6, 6.07) is 6.16. The summed E-state index contributed by atoms with van der Waals surface area (Å²) in [6.07, 6.45) is -9.45. The molecule has 4 nitrogen and oxygen atoms in total. The Balaban J connectivity index is 2.05. The first-order valence-electron chi connectivity index (χ1n) is 7.34. The van der Waals surface area contributed by atoms with E-state index in [1.165, 1.54) is 23.5 Å². The number of hydrogen-bond acceptors (Lipinski definition) is 5. The minimum Gasteiger partial charge on any atom is -0.454 e. The van der Waals surface area contributed by atoms with Crippen LogP contribution < -0.4 is 9.47 Å². The van der Waals surface area contributed by atoms with Crippen LogP contribution in [0.2, 0.25) is 0 Å². The van der Waals surface area contributed by atoms with Crippen LogP contribution >= 0.6 is 11.3 Å². The van der Waals surface area contributed by atoms with E-state index < -0.39 is 30.9 Å². The van der Waals surface area contributed by atoms with E-state index in [2.05, 4.69) is 19.4 Å². The van der Waals surface area contributed by atoms with E-state index >= 15 is 0 Å². The summed E-state index contributed by atoms with van der Waals surface area (Å²) < 4.78 is 83.0. The van der Waals surface area contributed by atoms with Crippen molar-refractivity contribution in [3.8, 4) is 23.0 Å². The van der Waals surface area contributed by atoms with E-state index in [4.69, 9.17) is 0 Å². The van der Waals surface area contributed by atoms with Crippen molar-refractivity contribution >= 4 is 21.6 Å². The van der Waals surface area contributed by atoms with E-state index in [0.717, 1.165) is 17.0 Å². The lowest BCUT2D eigenvalue weighted by Crippen LogP contribution is -2.20. The summed E-state index contributed by atoms with van der Waals surface area (Å²) in [6.45, 7) is 0.176. The Morgan fingerprint density at radius 2 is 1.78 bits per heavy atom. The Labute approximate surface area is 152 Å². The van der Waals surface area contributed by atoms with Crippen molar-refractivity contribution in [1.82, 2.24) is 9.97 Å². The van der Waals surface area contributed by atoms with Gasteiger partial charge in [0.25, 0.3) is 0 Å². The van der Waals surface area contributed by atoms with Gasteiger partial charge in [-0.2, -0.15) is 23.1 Å². The van der Waals surface area contributed by atoms with Crippen molar-refractivity contribution in [2.24, 2.45) is 0 Å². The van der Waals surface area contributed by atoms with Crippen molar-refractivity contribution in [1.29, 1.82) is 0 Å². The van der Waals surface area contributed by atoms with E-state index in [-0.39, 0.29) is 11.3 Å². The molecule has 0 aliphatic rings. The molecule has 0 unspecified atom stereocenters. The number of nitrogens with zero attached hydrogens (tertiary/aromatic N) is 2. The standard InChI is InChI=1S/C16H10F6N2O2S/c1-8-5-11-12(9-3-2-4-10(6-9)26-16(20,21)22)23-14(24-13(11)27-8)25-7-15(17,18)19/h2-6H,7H2,1H3. The number of benzene rings is 1. The van der Waals surface area contributed by atoms with Gasteiger partial charge in [0.05, 0.1) is 5.69 Å². The number of aromatic nitrogens is 2. The topological polar surface area (TPSA) is 44.2 Å². The van der Waals surface area contributed by atoms with Crippen LogP contribution in [0.1, 0.15) is 4.88 Å². The zero-order chi connectivity index (χ0) is 19.8. The monoisotopic (exact) mass is 408 g/mol. The minimum atomic E-state index is -4.88. The molecule has 0 saturated carbocycles. The van der Waals surface area contributed by atoms with Crippen LogP contribution in [0.4, 0.5) is 26.3 Å². The van der Waals surface area contributed by atoms with Gasteiger partial charge in [0.15, 0.2) is 6.61 Å². The Morgan fingerprint density at radius 3 is 2.44 bits per heavy atom. The van der Waals surface area contributed by atoms with Crippen molar-refractivity contribution in [3.05, 3.63) is 35.2 Å². The van der Waals surface area contributed by atoms with Gasteiger partial charge in [0, 0.05) is 15.8 Å². The van der Waals surface area contributed by atoms with Gasteiger partial charge in [0.1, 0.15) is 10.6 Å². The number of alkyl halides is 6. The highest BCUT2D eigenvalue weighted by atomic mass is 32.1. The highest BCUT2D eigenvalue weighted by molar-refractivity contribution is 7.18. The summed E-state index contributed by atoms with van der Waals surface area (Å²) in [4.78, 5) is 9.06. The van der Waals surface area contributed by atoms with Crippen LogP contribution in [0.25, 0.3) is 21.5 Å². The number of fused-ring (bicyclic) bond motifs is 1. The number of halogens is 6. The molecule has 0 fully saturated rings. The zero-order valence-corrected chi connectivity index (χ0v) is 14.3. The molecule has 0 aliphatic carbocycles. The van der Waals surface area contributed by atoms with E-state index in [9.17, 15) is 26.3 Å². The third-order valence-corrected chi connectivity index (χ3v) is 4.15. The van der Waals surface area contributed by atoms with Crippen molar-refractivity contribution in [2.75, 3.05) is 6.61 Å². The maximum absolute atomic E-state index is 12.4. The van der Waals surface area contributed by atoms with Gasteiger partial charge in [-0.3, -0.25) is 0 Å². The van der Waals surface area contributed by atoms with Crippen LogP contribution in [0.5, 0.6) is 11.8 Å². The van der Waals surface area contributed by atoms with Crippen molar-refractivity contribution in [3.63, 3.8) is 0 Å². The highest BCUT2D eigenvalue weighted by Crippen LogP contribution is 2.35. The summed E-state index contributed by atoms with van der Waals surface area (Å²) in [5.41, 5.74) is 0.368. The van der Waals surface area contributed by atoms with E-state index in [1.54, 1.807) is 13.0 Å². The molecule has 144 valence electrons. The quantitative estimate of drug-likeness (QED) is 0.535. The first-order chi connectivity index (χ1) is 12.5.